The van der Waals surface area contributed by atoms with E-state index in [1.165, 1.54) is 11.3 Å². The van der Waals surface area contributed by atoms with Gasteiger partial charge in [-0.2, -0.15) is 0 Å². The minimum atomic E-state index is -0.524. The second-order valence-corrected chi connectivity index (χ2v) is 5.03. The van der Waals surface area contributed by atoms with Crippen LogP contribution in [0.1, 0.15) is 33.1 Å². The van der Waals surface area contributed by atoms with Crippen LogP contribution in [0.3, 0.4) is 0 Å². The van der Waals surface area contributed by atoms with Gasteiger partial charge in [-0.3, -0.25) is 4.79 Å². The standard InChI is InChI=1S/C12H23N3O2/c1-9(2)10(11(13)16)14(3)12(17)15-7-5-4-6-8-15/h9-10H,4-8H2,1-3H3,(H2,13,16)/t10-/m0/s1. The molecule has 0 bridgehead atoms. The topological polar surface area (TPSA) is 66.6 Å². The van der Waals surface area contributed by atoms with Crippen LogP contribution in [0, 0.1) is 5.92 Å². The van der Waals surface area contributed by atoms with Crippen LogP contribution in [0.5, 0.6) is 0 Å². The molecule has 17 heavy (non-hydrogen) atoms. The number of rotatable bonds is 3. The number of nitrogens with two attached hydrogens (primary N) is 1. The highest BCUT2D eigenvalue weighted by Crippen LogP contribution is 2.15. The van der Waals surface area contributed by atoms with Crippen LogP contribution >= 0.6 is 0 Å². The number of carbonyl (C=O) groups excluding carboxylic acids is 2. The number of amides is 3. The van der Waals surface area contributed by atoms with Crippen molar-refractivity contribution >= 4 is 11.9 Å². The van der Waals surface area contributed by atoms with Crippen molar-refractivity contribution in [1.82, 2.24) is 9.80 Å². The zero-order valence-corrected chi connectivity index (χ0v) is 11.0. The van der Waals surface area contributed by atoms with Crippen LogP contribution in [0.25, 0.3) is 0 Å². The van der Waals surface area contributed by atoms with Gasteiger partial charge in [0.1, 0.15) is 6.04 Å². The van der Waals surface area contributed by atoms with Crippen LogP contribution in [0.15, 0.2) is 0 Å². The number of likely N-dealkylation sites (N-methyl/N-ethyl adjacent to an activating group) is 1. The van der Waals surface area contributed by atoms with Crippen molar-refractivity contribution in [3.05, 3.63) is 0 Å². The third-order valence-corrected chi connectivity index (χ3v) is 3.27. The second kappa shape index (κ2) is 5.89. The lowest BCUT2D eigenvalue weighted by Crippen LogP contribution is -2.53. The van der Waals surface area contributed by atoms with Crippen molar-refractivity contribution in [2.24, 2.45) is 11.7 Å². The summed E-state index contributed by atoms with van der Waals surface area (Å²) in [6.45, 7) is 5.37. The first-order chi connectivity index (χ1) is 7.95. The second-order valence-electron chi connectivity index (χ2n) is 5.03. The van der Waals surface area contributed by atoms with Gasteiger partial charge in [0.05, 0.1) is 0 Å². The maximum Gasteiger partial charge on any atom is 0.320 e. The molecule has 1 fully saturated rings. The van der Waals surface area contributed by atoms with Gasteiger partial charge in [0.2, 0.25) is 5.91 Å². The molecule has 3 amide bonds. The van der Waals surface area contributed by atoms with Crippen LogP contribution in [0.4, 0.5) is 4.79 Å². The lowest BCUT2D eigenvalue weighted by Gasteiger charge is -2.35. The summed E-state index contributed by atoms with van der Waals surface area (Å²) in [6, 6.07) is -0.605. The fraction of sp³-hybridized carbons (Fsp3) is 0.833. The summed E-state index contributed by atoms with van der Waals surface area (Å²) < 4.78 is 0. The van der Waals surface area contributed by atoms with E-state index in [2.05, 4.69) is 0 Å². The Balaban J connectivity index is 2.68. The van der Waals surface area contributed by atoms with Gasteiger partial charge in [-0.05, 0) is 25.2 Å². The maximum absolute atomic E-state index is 12.2. The molecular weight excluding hydrogens is 218 g/mol. The lowest BCUT2D eigenvalue weighted by molar-refractivity contribution is -0.123. The van der Waals surface area contributed by atoms with E-state index >= 15 is 0 Å². The number of nitrogens with zero attached hydrogens (tertiary/aromatic N) is 2. The van der Waals surface area contributed by atoms with Crippen molar-refractivity contribution in [2.75, 3.05) is 20.1 Å². The number of piperidine rings is 1. The number of hydrogen-bond acceptors (Lipinski definition) is 2. The maximum atomic E-state index is 12.2. The third kappa shape index (κ3) is 3.35. The molecule has 1 rings (SSSR count). The first-order valence-electron chi connectivity index (χ1n) is 6.26. The predicted molar refractivity (Wildman–Crippen MR) is 66.4 cm³/mol. The van der Waals surface area contributed by atoms with Crippen molar-refractivity contribution in [3.8, 4) is 0 Å². The van der Waals surface area contributed by atoms with Crippen LogP contribution in [-0.4, -0.2) is 47.9 Å². The third-order valence-electron chi connectivity index (χ3n) is 3.27. The molecule has 1 saturated heterocycles. The largest absolute Gasteiger partial charge is 0.368 e. The van der Waals surface area contributed by atoms with Crippen LogP contribution < -0.4 is 5.73 Å². The molecule has 2 N–H and O–H groups in total. The molecule has 0 saturated carbocycles. The Hall–Kier alpha value is -1.26. The number of primary amides is 1. The molecule has 5 heteroatoms. The Morgan fingerprint density at radius 2 is 1.71 bits per heavy atom. The molecule has 1 aliphatic heterocycles. The number of hydrogen-bond donors (Lipinski definition) is 1. The van der Waals surface area contributed by atoms with Gasteiger partial charge < -0.3 is 15.5 Å². The van der Waals surface area contributed by atoms with E-state index in [-0.39, 0.29) is 11.9 Å². The van der Waals surface area contributed by atoms with E-state index in [0.29, 0.717) is 0 Å². The molecule has 98 valence electrons. The molecule has 1 heterocycles. The molecule has 0 aromatic carbocycles. The van der Waals surface area contributed by atoms with E-state index < -0.39 is 11.9 Å². The Labute approximate surface area is 103 Å². The summed E-state index contributed by atoms with van der Waals surface area (Å²) in [6.07, 6.45) is 3.27. The van der Waals surface area contributed by atoms with Crippen molar-refractivity contribution in [1.29, 1.82) is 0 Å². The minimum Gasteiger partial charge on any atom is -0.368 e. The molecule has 0 aromatic rings. The summed E-state index contributed by atoms with van der Waals surface area (Å²) >= 11 is 0. The number of carbonyl (C=O) groups is 2. The van der Waals surface area contributed by atoms with Crippen LogP contribution in [-0.2, 0) is 4.79 Å². The zero-order chi connectivity index (χ0) is 13.0. The molecule has 1 atom stereocenters. The molecule has 0 radical (unpaired) electrons. The molecule has 5 nitrogen and oxygen atoms in total. The highest BCUT2D eigenvalue weighted by Gasteiger charge is 2.30. The highest BCUT2D eigenvalue weighted by atomic mass is 16.2. The fourth-order valence-corrected chi connectivity index (χ4v) is 2.39. The first kappa shape index (κ1) is 13.8. The van der Waals surface area contributed by atoms with E-state index in [1.807, 2.05) is 18.7 Å². The van der Waals surface area contributed by atoms with Crippen molar-refractivity contribution < 1.29 is 9.59 Å². The Bertz CT molecular complexity index is 285. The van der Waals surface area contributed by atoms with Gasteiger partial charge in [-0.1, -0.05) is 13.8 Å². The normalized spacial score (nSPS) is 18.0. The van der Waals surface area contributed by atoms with E-state index in [4.69, 9.17) is 5.73 Å². The lowest BCUT2D eigenvalue weighted by atomic mass is 10.0. The van der Waals surface area contributed by atoms with Crippen LogP contribution in [0.2, 0.25) is 0 Å². The Morgan fingerprint density at radius 3 is 2.12 bits per heavy atom. The van der Waals surface area contributed by atoms with Gasteiger partial charge >= 0.3 is 6.03 Å². The quantitative estimate of drug-likeness (QED) is 0.802. The average molecular weight is 241 g/mol. The van der Waals surface area contributed by atoms with E-state index in [9.17, 15) is 9.59 Å². The number of urea groups is 1. The van der Waals surface area contributed by atoms with Gasteiger partial charge in [-0.25, -0.2) is 4.79 Å². The molecule has 0 aliphatic carbocycles. The summed E-state index contributed by atoms with van der Waals surface area (Å²) in [7, 11) is 1.66. The average Bonchev–Trinajstić information content (AvgIpc) is 2.28. The monoisotopic (exact) mass is 241 g/mol. The SMILES string of the molecule is CC(C)[C@@H](C(N)=O)N(C)C(=O)N1CCCCC1. The number of likely N-dealkylation sites (tertiary alicyclic amines) is 1. The summed E-state index contributed by atoms with van der Waals surface area (Å²) in [5.74, 6) is -0.404. The Kier molecular flexibility index (Phi) is 4.78. The van der Waals surface area contributed by atoms with E-state index in [1.54, 1.807) is 7.05 Å². The zero-order valence-electron chi connectivity index (χ0n) is 11.0. The van der Waals surface area contributed by atoms with Gasteiger partial charge in [0.15, 0.2) is 0 Å². The summed E-state index contributed by atoms with van der Waals surface area (Å²) in [4.78, 5) is 26.9. The van der Waals surface area contributed by atoms with Crippen molar-refractivity contribution in [2.45, 2.75) is 39.2 Å². The Morgan fingerprint density at radius 1 is 1.18 bits per heavy atom. The molecule has 0 aromatic heterocycles. The highest BCUT2D eigenvalue weighted by molar-refractivity contribution is 5.86. The molecule has 0 spiro atoms. The van der Waals surface area contributed by atoms with Gasteiger partial charge in [-0.15, -0.1) is 0 Å². The molecule has 1 aliphatic rings. The van der Waals surface area contributed by atoms with E-state index in [0.717, 1.165) is 25.9 Å². The van der Waals surface area contributed by atoms with Gasteiger partial charge in [0, 0.05) is 20.1 Å². The molecular formula is C12H23N3O2. The summed E-state index contributed by atoms with van der Waals surface area (Å²) in [5.41, 5.74) is 5.35. The predicted octanol–water partition coefficient (Wildman–Crippen LogP) is 1.03. The van der Waals surface area contributed by atoms with Crippen molar-refractivity contribution in [3.63, 3.8) is 0 Å². The fourth-order valence-electron chi connectivity index (χ4n) is 2.39. The van der Waals surface area contributed by atoms with Gasteiger partial charge in [0.25, 0.3) is 0 Å². The molecule has 0 unspecified atom stereocenters. The minimum absolute atomic E-state index is 0.0336. The smallest absolute Gasteiger partial charge is 0.320 e. The first-order valence-corrected chi connectivity index (χ1v) is 6.26. The summed E-state index contributed by atoms with van der Waals surface area (Å²) in [5, 5.41) is 0.